The summed E-state index contributed by atoms with van der Waals surface area (Å²) in [5, 5.41) is 0. The Bertz CT molecular complexity index is 1240. The molecule has 0 saturated heterocycles. The number of halogens is 2. The molecule has 3 heteroatoms. The molecule has 4 rings (SSSR count). The van der Waals surface area contributed by atoms with Gasteiger partial charge in [0.25, 0.3) is 0 Å². The molecular weight excluding hydrogens is 595 g/mol. The van der Waals surface area contributed by atoms with Gasteiger partial charge in [-0.2, -0.15) is 0 Å². The molecular formula is C36H50Cl2Zr. The molecule has 39 heavy (non-hydrogen) atoms. The van der Waals surface area contributed by atoms with Crippen LogP contribution in [0.2, 0.25) is 0 Å². The molecule has 0 bridgehead atoms. The van der Waals surface area contributed by atoms with E-state index in [1.807, 2.05) is 3.28 Å². The maximum absolute atomic E-state index is 2.67. The van der Waals surface area contributed by atoms with Crippen molar-refractivity contribution in [1.82, 2.24) is 0 Å². The van der Waals surface area contributed by atoms with E-state index in [0.717, 1.165) is 0 Å². The minimum atomic E-state index is -2.26. The molecule has 0 saturated carbocycles. The summed E-state index contributed by atoms with van der Waals surface area (Å²) in [6, 6.07) is 15.0. The Morgan fingerprint density at radius 2 is 1.18 bits per heavy atom. The van der Waals surface area contributed by atoms with Crippen molar-refractivity contribution in [1.29, 1.82) is 0 Å². The van der Waals surface area contributed by atoms with Crippen molar-refractivity contribution in [3.63, 3.8) is 0 Å². The number of hydrogen-bond acceptors (Lipinski definition) is 0. The molecule has 0 heterocycles. The number of benzene rings is 2. The molecule has 0 aromatic heterocycles. The van der Waals surface area contributed by atoms with Gasteiger partial charge in [0, 0.05) is 0 Å². The van der Waals surface area contributed by atoms with E-state index in [4.69, 9.17) is 0 Å². The zero-order valence-electron chi connectivity index (χ0n) is 26.4. The summed E-state index contributed by atoms with van der Waals surface area (Å²) in [5.74, 6) is 0.624. The average molecular weight is 645 g/mol. The van der Waals surface area contributed by atoms with Gasteiger partial charge in [0.1, 0.15) is 0 Å². The fourth-order valence-corrected chi connectivity index (χ4v) is 14.9. The van der Waals surface area contributed by atoms with Gasteiger partial charge >= 0.3 is 237 Å². The predicted molar refractivity (Wildman–Crippen MR) is 161 cm³/mol. The summed E-state index contributed by atoms with van der Waals surface area (Å²) in [5.41, 5.74) is 11.2. The second-order valence-electron chi connectivity index (χ2n) is 14.8. The molecule has 0 radical (unpaired) electrons. The molecule has 1 atom stereocenters. The number of hydrogen-bond donors (Lipinski definition) is 0. The van der Waals surface area contributed by atoms with Crippen molar-refractivity contribution in [2.24, 2.45) is 11.3 Å². The third-order valence-corrected chi connectivity index (χ3v) is 16.8. The zero-order valence-corrected chi connectivity index (χ0v) is 30.4. The summed E-state index contributed by atoms with van der Waals surface area (Å²) >= 11 is -2.26. The standard InChI is InChI=1S/C21H25.C12H19.C3H6.2ClH.Zr/c1-20(2,3)16-9-7-14-11-15-8-10-17(21(4,5)6)13-19(15)18(14)12-16;1-5-6-10-7-8-11(9-10)12(2,3)4;1-3-2;;;/h7-13H,1-6H3;8-10H,5-6H2,1-4H3;1-2H3;2*1H;/q;;;;;+2/p-2. The first-order valence-corrected chi connectivity index (χ1v) is 18.3. The Labute approximate surface area is 260 Å². The quantitative estimate of drug-likeness (QED) is 0.461. The van der Waals surface area contributed by atoms with Crippen molar-refractivity contribution < 1.29 is 46.1 Å². The molecule has 0 amide bonds. The summed E-state index contributed by atoms with van der Waals surface area (Å²) < 4.78 is 4.12. The molecule has 0 fully saturated rings. The first kappa shape index (κ1) is 34.5. The third kappa shape index (κ3) is 6.84. The molecule has 2 aliphatic rings. The van der Waals surface area contributed by atoms with Crippen LogP contribution >= 0.6 is 0 Å². The van der Waals surface area contributed by atoms with Crippen molar-refractivity contribution in [3.8, 4) is 11.1 Å². The van der Waals surface area contributed by atoms with Gasteiger partial charge < -0.3 is 24.8 Å². The minimum absolute atomic E-state index is 0. The van der Waals surface area contributed by atoms with E-state index in [9.17, 15) is 0 Å². The van der Waals surface area contributed by atoms with E-state index in [-0.39, 0.29) is 41.1 Å². The van der Waals surface area contributed by atoms with E-state index < -0.39 is 21.3 Å². The van der Waals surface area contributed by atoms with Crippen molar-refractivity contribution >= 4 is 3.21 Å². The summed E-state index contributed by atoms with van der Waals surface area (Å²) in [6.07, 6.45) is 7.84. The van der Waals surface area contributed by atoms with Gasteiger partial charge in [-0.15, -0.1) is 0 Å². The smallest absolute Gasteiger partial charge is 1.00 e. The summed E-state index contributed by atoms with van der Waals surface area (Å²) in [6.45, 7) is 28.5. The second-order valence-corrected chi connectivity index (χ2v) is 22.1. The maximum Gasteiger partial charge on any atom is -1.00 e. The normalized spacial score (nSPS) is 16.7. The summed E-state index contributed by atoms with van der Waals surface area (Å²) in [4.78, 5) is 0. The minimum Gasteiger partial charge on any atom is -1.00 e. The van der Waals surface area contributed by atoms with Gasteiger partial charge in [0.15, 0.2) is 0 Å². The van der Waals surface area contributed by atoms with Gasteiger partial charge in [-0.1, -0.05) is 0 Å². The molecule has 0 nitrogen and oxygen atoms in total. The predicted octanol–water partition coefficient (Wildman–Crippen LogP) is 4.48. The molecule has 0 N–H and O–H groups in total. The maximum atomic E-state index is 2.67. The van der Waals surface area contributed by atoms with E-state index in [0.29, 0.717) is 9.54 Å². The van der Waals surface area contributed by atoms with Crippen LogP contribution in [0.25, 0.3) is 11.1 Å². The first-order valence-electron chi connectivity index (χ1n) is 14.4. The van der Waals surface area contributed by atoms with Crippen LogP contribution in [0.15, 0.2) is 57.4 Å². The van der Waals surface area contributed by atoms with Gasteiger partial charge in [-0.25, -0.2) is 0 Å². The number of rotatable bonds is 4. The second kappa shape index (κ2) is 12.2. The van der Waals surface area contributed by atoms with E-state index in [2.05, 4.69) is 132 Å². The van der Waals surface area contributed by atoms with Crippen LogP contribution in [0, 0.1) is 11.3 Å². The van der Waals surface area contributed by atoms with Crippen LogP contribution in [0.3, 0.4) is 0 Å². The molecule has 2 aromatic carbocycles. The van der Waals surface area contributed by atoms with Crippen molar-refractivity contribution in [3.05, 3.63) is 79.7 Å². The Morgan fingerprint density at radius 1 is 0.718 bits per heavy atom. The largest absolute Gasteiger partial charge is 1.00 e. The molecule has 0 spiro atoms. The fourth-order valence-electron chi connectivity index (χ4n) is 6.16. The SMILES string of the molecule is CCCC1C=C(C(C)(C)C)C=[C]1[Zr+2](=[C](C)C)[CH]1c2ccc(C(C)(C)C)cc2-c2cc(C(C)(C)C)ccc21.[Cl-].[Cl-]. The summed E-state index contributed by atoms with van der Waals surface area (Å²) in [7, 11) is 0. The van der Waals surface area contributed by atoms with Gasteiger partial charge in [-0.3, -0.25) is 0 Å². The molecule has 1 unspecified atom stereocenters. The number of fused-ring (bicyclic) bond motifs is 3. The van der Waals surface area contributed by atoms with Gasteiger partial charge in [0.05, 0.1) is 0 Å². The Morgan fingerprint density at radius 3 is 1.54 bits per heavy atom. The molecule has 212 valence electrons. The van der Waals surface area contributed by atoms with Gasteiger partial charge in [-0.05, 0) is 0 Å². The van der Waals surface area contributed by atoms with Crippen molar-refractivity contribution in [2.75, 3.05) is 0 Å². The molecule has 2 aliphatic carbocycles. The van der Waals surface area contributed by atoms with E-state index >= 15 is 0 Å². The Kier molecular flexibility index (Phi) is 10.8. The zero-order chi connectivity index (χ0) is 27.5. The van der Waals surface area contributed by atoms with Crippen LogP contribution in [-0.4, -0.2) is 3.21 Å². The van der Waals surface area contributed by atoms with Crippen LogP contribution < -0.4 is 24.8 Å². The van der Waals surface area contributed by atoms with Crippen LogP contribution in [0.4, 0.5) is 0 Å². The van der Waals surface area contributed by atoms with Gasteiger partial charge in [0.2, 0.25) is 0 Å². The monoisotopic (exact) mass is 642 g/mol. The van der Waals surface area contributed by atoms with Crippen molar-refractivity contribution in [2.45, 2.75) is 110 Å². The Balaban J connectivity index is 0.00000267. The first-order chi connectivity index (χ1) is 17.0. The van der Waals surface area contributed by atoms with E-state index in [1.54, 1.807) is 19.9 Å². The third-order valence-electron chi connectivity index (χ3n) is 8.45. The van der Waals surface area contributed by atoms with E-state index in [1.165, 1.54) is 35.1 Å². The molecule has 0 aliphatic heterocycles. The van der Waals surface area contributed by atoms with Crippen LogP contribution in [0.1, 0.15) is 122 Å². The molecule has 2 aromatic rings. The fraction of sp³-hybridized carbons (Fsp3) is 0.528. The Hall–Kier alpha value is -0.747. The number of allylic oxidation sites excluding steroid dienone is 4. The van der Waals surface area contributed by atoms with Crippen LogP contribution in [-0.2, 0) is 32.1 Å². The van der Waals surface area contributed by atoms with Crippen LogP contribution in [0.5, 0.6) is 0 Å². The topological polar surface area (TPSA) is 0 Å². The average Bonchev–Trinajstić information content (AvgIpc) is 3.32.